The van der Waals surface area contributed by atoms with E-state index in [1.807, 2.05) is 101 Å². The first kappa shape index (κ1) is 48.3. The molecule has 356 valence electrons. The minimum Gasteiger partial charge on any atom is -0.391 e. The molecule has 18 heteroatoms. The molecule has 2 aromatic carbocycles. The SMILES string of the molecule is Cc1ncsc1-c1ccc(CNC(=O)[C@@H]2C[C@@H](OCc3cc([C@H](C(=O)N4C[C@H](O)C[C@H]4C(=O)NCc4ccc(-c5scnc5C)cc4)C(C)C)n[nH]3)CN2C(=O)[C@@H](c2cccnn2)C(C)C)cc1. The number of thiazole rings is 2. The van der Waals surface area contributed by atoms with E-state index in [-0.39, 0.29) is 81.1 Å². The van der Waals surface area contributed by atoms with Crippen LogP contribution in [-0.4, -0.2) is 106 Å². The quantitative estimate of drug-likeness (QED) is 0.0795. The van der Waals surface area contributed by atoms with Crippen molar-refractivity contribution < 1.29 is 29.0 Å². The zero-order valence-corrected chi connectivity index (χ0v) is 40.7. The molecule has 6 heterocycles. The van der Waals surface area contributed by atoms with Gasteiger partial charge < -0.3 is 30.3 Å². The van der Waals surface area contributed by atoms with E-state index in [9.17, 15) is 24.3 Å². The average Bonchev–Trinajstić information content (AvgIpc) is 4.20. The highest BCUT2D eigenvalue weighted by Crippen LogP contribution is 2.34. The van der Waals surface area contributed by atoms with Crippen LogP contribution in [0.15, 0.2) is 83.9 Å². The smallest absolute Gasteiger partial charge is 0.243 e. The van der Waals surface area contributed by atoms with E-state index in [1.54, 1.807) is 52.0 Å². The van der Waals surface area contributed by atoms with Crippen molar-refractivity contribution in [1.82, 2.24) is 50.8 Å². The summed E-state index contributed by atoms with van der Waals surface area (Å²) in [6.45, 7) is 12.5. The van der Waals surface area contributed by atoms with Crippen LogP contribution in [0.5, 0.6) is 0 Å². The van der Waals surface area contributed by atoms with Crippen LogP contribution in [0.2, 0.25) is 0 Å². The number of H-pyrrole nitrogens is 1. The number of aromatic amines is 1. The number of benzene rings is 2. The Kier molecular flexibility index (Phi) is 15.2. The summed E-state index contributed by atoms with van der Waals surface area (Å²) >= 11 is 3.16. The summed E-state index contributed by atoms with van der Waals surface area (Å²) in [5.74, 6) is -2.80. The molecule has 6 atom stereocenters. The molecule has 0 unspecified atom stereocenters. The third-order valence-corrected chi connectivity index (χ3v) is 14.7. The lowest BCUT2D eigenvalue weighted by molar-refractivity contribution is -0.140. The van der Waals surface area contributed by atoms with E-state index in [0.29, 0.717) is 17.1 Å². The van der Waals surface area contributed by atoms with Crippen LogP contribution in [-0.2, 0) is 43.6 Å². The Morgan fingerprint density at radius 3 is 1.78 bits per heavy atom. The first-order valence-electron chi connectivity index (χ1n) is 23.0. The highest BCUT2D eigenvalue weighted by molar-refractivity contribution is 7.13. The van der Waals surface area contributed by atoms with Crippen molar-refractivity contribution in [2.75, 3.05) is 13.1 Å². The number of rotatable bonds is 17. The molecule has 2 aliphatic rings. The number of aliphatic hydroxyl groups is 1. The number of carbonyl (C=O) groups is 4. The third kappa shape index (κ3) is 10.9. The number of hydrogen-bond donors (Lipinski definition) is 4. The van der Waals surface area contributed by atoms with Gasteiger partial charge in [-0.1, -0.05) is 76.2 Å². The number of likely N-dealkylation sites (tertiary alicyclic amines) is 2. The Bertz CT molecular complexity index is 2690. The van der Waals surface area contributed by atoms with Crippen molar-refractivity contribution in [2.45, 2.75) is 110 Å². The molecule has 0 aliphatic carbocycles. The fourth-order valence-electron chi connectivity index (χ4n) is 9.20. The summed E-state index contributed by atoms with van der Waals surface area (Å²) < 4.78 is 6.43. The number of aryl methyl sites for hydroxylation is 2. The topological polar surface area (TPSA) is 209 Å². The Morgan fingerprint density at radius 2 is 1.28 bits per heavy atom. The Hall–Kier alpha value is -6.21. The Morgan fingerprint density at radius 1 is 0.750 bits per heavy atom. The summed E-state index contributed by atoms with van der Waals surface area (Å²) in [7, 11) is 0. The molecule has 0 saturated carbocycles. The highest BCUT2D eigenvalue weighted by Gasteiger charge is 2.45. The number of carbonyl (C=O) groups excluding carboxylic acids is 4. The minimum atomic E-state index is -0.849. The molecular formula is C50H58N10O6S2. The zero-order chi connectivity index (χ0) is 48.1. The molecular weight excluding hydrogens is 901 g/mol. The van der Waals surface area contributed by atoms with Gasteiger partial charge in [0, 0.05) is 45.2 Å². The van der Waals surface area contributed by atoms with Gasteiger partial charge in [-0.25, -0.2) is 9.97 Å². The molecule has 4 N–H and O–H groups in total. The van der Waals surface area contributed by atoms with Crippen LogP contribution in [0.3, 0.4) is 0 Å². The molecule has 4 amide bonds. The molecule has 68 heavy (non-hydrogen) atoms. The van der Waals surface area contributed by atoms with E-state index in [0.717, 1.165) is 43.4 Å². The third-order valence-electron chi connectivity index (χ3n) is 12.8. The summed E-state index contributed by atoms with van der Waals surface area (Å²) in [5.41, 5.74) is 11.1. The number of hydrogen-bond acceptors (Lipinski definition) is 13. The van der Waals surface area contributed by atoms with E-state index in [4.69, 9.17) is 4.74 Å². The maximum Gasteiger partial charge on any atom is 0.243 e. The second kappa shape index (κ2) is 21.4. The van der Waals surface area contributed by atoms with Crippen molar-refractivity contribution in [1.29, 1.82) is 0 Å². The van der Waals surface area contributed by atoms with Crippen molar-refractivity contribution in [2.24, 2.45) is 11.8 Å². The number of β-amino-alcohol motifs (C(OH)–C–C–N with tert-alkyl or cyclic N) is 1. The number of amides is 4. The predicted octanol–water partition coefficient (Wildman–Crippen LogP) is 6.32. The molecule has 2 aliphatic heterocycles. The van der Waals surface area contributed by atoms with Crippen LogP contribution >= 0.6 is 22.7 Å². The predicted molar refractivity (Wildman–Crippen MR) is 259 cm³/mol. The van der Waals surface area contributed by atoms with Gasteiger partial charge >= 0.3 is 0 Å². The molecule has 6 aromatic rings. The van der Waals surface area contributed by atoms with Crippen LogP contribution < -0.4 is 10.6 Å². The lowest BCUT2D eigenvalue weighted by Crippen LogP contribution is -2.48. The Balaban J connectivity index is 0.916. The number of ether oxygens (including phenoxy) is 1. The molecule has 2 saturated heterocycles. The fraction of sp³-hybridized carbons (Fsp3) is 0.420. The normalized spacial score (nSPS) is 19.1. The standard InChI is InChI=1S/C50H58N10O6S2/c1-28(2)43(39-8-7-17-55-57-39)49(64)60-24-38(20-42(60)48(63)52-22-33-11-15-35(16-12-33)46-31(6)54-27-68-46)66-25-36-18-40(58-56-36)44(29(3)4)50(65)59-23-37(61)19-41(59)47(62)51-21-32-9-13-34(14-10-32)45-30(5)53-26-67-45/h7-18,26-29,37-38,41-44,61H,19-25H2,1-6H3,(H,51,62)(H,52,63)(H,56,58)/t37-,38-,41+,42+,43-,44-/m1/s1. The second-order valence-electron chi connectivity index (χ2n) is 18.3. The number of aliphatic hydroxyl groups excluding tert-OH is 1. The molecule has 0 spiro atoms. The van der Waals surface area contributed by atoms with Gasteiger partial charge in [0.2, 0.25) is 23.6 Å². The molecule has 2 fully saturated rings. The molecule has 4 aromatic heterocycles. The van der Waals surface area contributed by atoms with Gasteiger partial charge in [0.15, 0.2) is 0 Å². The largest absolute Gasteiger partial charge is 0.391 e. The van der Waals surface area contributed by atoms with Gasteiger partial charge in [-0.3, -0.25) is 24.3 Å². The molecule has 16 nitrogen and oxygen atoms in total. The molecule has 0 bridgehead atoms. The van der Waals surface area contributed by atoms with Crippen LogP contribution in [0.1, 0.15) is 92.0 Å². The van der Waals surface area contributed by atoms with Crippen LogP contribution in [0.25, 0.3) is 20.9 Å². The monoisotopic (exact) mass is 958 g/mol. The maximum absolute atomic E-state index is 14.5. The van der Waals surface area contributed by atoms with Crippen molar-refractivity contribution in [3.05, 3.63) is 124 Å². The van der Waals surface area contributed by atoms with Gasteiger partial charge in [0.1, 0.15) is 12.1 Å². The van der Waals surface area contributed by atoms with Gasteiger partial charge in [0.25, 0.3) is 0 Å². The van der Waals surface area contributed by atoms with E-state index in [2.05, 4.69) is 41.0 Å². The second-order valence-corrected chi connectivity index (χ2v) is 20.1. The zero-order valence-electron chi connectivity index (χ0n) is 39.1. The number of nitrogens with zero attached hydrogens (tertiary/aromatic N) is 7. The first-order valence-corrected chi connectivity index (χ1v) is 24.8. The highest BCUT2D eigenvalue weighted by atomic mass is 32.1. The lowest BCUT2D eigenvalue weighted by Gasteiger charge is -2.29. The molecule has 8 rings (SSSR count). The van der Waals surface area contributed by atoms with E-state index in [1.165, 1.54) is 4.90 Å². The summed E-state index contributed by atoms with van der Waals surface area (Å²) in [4.78, 5) is 70.5. The van der Waals surface area contributed by atoms with Crippen molar-refractivity contribution in [3.8, 4) is 20.9 Å². The summed E-state index contributed by atoms with van der Waals surface area (Å²) in [6.07, 6.45) is 0.611. The first-order chi connectivity index (χ1) is 32.7. The van der Waals surface area contributed by atoms with E-state index >= 15 is 0 Å². The minimum absolute atomic E-state index is 0.0308. The Labute approximate surface area is 404 Å². The number of nitrogens with one attached hydrogen (secondary N) is 3. The van der Waals surface area contributed by atoms with Crippen LogP contribution in [0, 0.1) is 25.7 Å². The van der Waals surface area contributed by atoms with Gasteiger partial charge in [-0.05, 0) is 66.1 Å². The summed E-state index contributed by atoms with van der Waals surface area (Å²) in [5, 5.41) is 32.7. The van der Waals surface area contributed by atoms with Crippen molar-refractivity contribution in [3.63, 3.8) is 0 Å². The van der Waals surface area contributed by atoms with Gasteiger partial charge in [-0.2, -0.15) is 15.3 Å². The van der Waals surface area contributed by atoms with Gasteiger partial charge in [-0.15, -0.1) is 22.7 Å². The maximum atomic E-state index is 14.5. The average molecular weight is 959 g/mol. The van der Waals surface area contributed by atoms with Gasteiger partial charge in [0.05, 0.1) is 79.9 Å². The fourth-order valence-corrected chi connectivity index (χ4v) is 10.8. The lowest BCUT2D eigenvalue weighted by atomic mass is 9.90. The molecule has 0 radical (unpaired) electrons. The van der Waals surface area contributed by atoms with E-state index < -0.39 is 36.1 Å². The summed E-state index contributed by atoms with van der Waals surface area (Å²) in [6, 6.07) is 19.6. The number of aromatic nitrogens is 6. The van der Waals surface area contributed by atoms with Crippen molar-refractivity contribution >= 4 is 46.3 Å². The van der Waals surface area contributed by atoms with Crippen LogP contribution in [0.4, 0.5) is 0 Å².